The van der Waals surface area contributed by atoms with Crippen LogP contribution >= 0.6 is 0 Å². The average molecular weight is 315 g/mol. The number of rotatable bonds is 8. The van der Waals surface area contributed by atoms with E-state index in [9.17, 15) is 13.2 Å². The van der Waals surface area contributed by atoms with Gasteiger partial charge in [-0.25, -0.2) is 4.98 Å². The highest BCUT2D eigenvalue weighted by molar-refractivity contribution is 5.14. The Bertz CT molecular complexity index is 471. The fourth-order valence-corrected chi connectivity index (χ4v) is 2.03. The van der Waals surface area contributed by atoms with E-state index in [1.807, 2.05) is 13.0 Å². The molecule has 0 spiro atoms. The maximum atomic E-state index is 12.7. The number of alkyl halides is 3. The summed E-state index contributed by atoms with van der Waals surface area (Å²) < 4.78 is 43.8. The van der Waals surface area contributed by atoms with Crippen molar-refractivity contribution in [2.75, 3.05) is 6.61 Å². The quantitative estimate of drug-likeness (QED) is 0.637. The third-order valence-electron chi connectivity index (χ3n) is 3.38. The minimum absolute atomic E-state index is 0.0590. The van der Waals surface area contributed by atoms with Crippen molar-refractivity contribution < 1.29 is 17.9 Å². The summed E-state index contributed by atoms with van der Waals surface area (Å²) in [5.74, 6) is 0.552. The number of hydrogen-bond acceptors (Lipinski definition) is 2. The van der Waals surface area contributed by atoms with Crippen LogP contribution in [0.15, 0.2) is 30.9 Å². The monoisotopic (exact) mass is 315 g/mol. The molecular formula is C17H24F3NO. The standard InChI is InChI=1S/C17H24F3NO/c1-5-13(4)15(22-11-12(2)3)10-9-14-7-6-8-16(21-14)17(18,19)20/h5-8,12-13,15H,1,9-11H2,2-4H3/t13-,15+/m0/s1. The third-order valence-corrected chi connectivity index (χ3v) is 3.38. The summed E-state index contributed by atoms with van der Waals surface area (Å²) in [6.45, 7) is 10.5. The van der Waals surface area contributed by atoms with Crippen LogP contribution in [0.1, 0.15) is 38.6 Å². The zero-order valence-corrected chi connectivity index (χ0v) is 13.4. The van der Waals surface area contributed by atoms with Crippen LogP contribution in [0.2, 0.25) is 0 Å². The van der Waals surface area contributed by atoms with Gasteiger partial charge in [-0.2, -0.15) is 13.2 Å². The van der Waals surface area contributed by atoms with E-state index < -0.39 is 11.9 Å². The number of ether oxygens (including phenoxy) is 1. The molecule has 0 fully saturated rings. The summed E-state index contributed by atoms with van der Waals surface area (Å²) in [6.07, 6.45) is -1.59. The Balaban J connectivity index is 2.70. The SMILES string of the molecule is C=C[C@H](C)[C@@H](CCc1cccc(C(F)(F)F)n1)OCC(C)C. The number of nitrogens with zero attached hydrogens (tertiary/aromatic N) is 1. The molecule has 0 unspecified atom stereocenters. The molecule has 1 rings (SSSR count). The van der Waals surface area contributed by atoms with Crippen LogP contribution in [0.5, 0.6) is 0 Å². The van der Waals surface area contributed by atoms with Crippen molar-refractivity contribution in [3.63, 3.8) is 0 Å². The summed E-state index contributed by atoms with van der Waals surface area (Å²) in [5.41, 5.74) is -0.411. The predicted octanol–water partition coefficient (Wildman–Crippen LogP) is 4.90. The van der Waals surface area contributed by atoms with E-state index in [0.717, 1.165) is 6.07 Å². The van der Waals surface area contributed by atoms with E-state index >= 15 is 0 Å². The summed E-state index contributed by atoms with van der Waals surface area (Å²) in [6, 6.07) is 4.00. The van der Waals surface area contributed by atoms with Crippen LogP contribution in [-0.2, 0) is 17.3 Å². The van der Waals surface area contributed by atoms with Crippen LogP contribution in [0.4, 0.5) is 13.2 Å². The molecule has 0 radical (unpaired) electrons. The Morgan fingerprint density at radius 1 is 1.27 bits per heavy atom. The van der Waals surface area contributed by atoms with Gasteiger partial charge in [0.2, 0.25) is 0 Å². The Kier molecular flexibility index (Phi) is 7.07. The van der Waals surface area contributed by atoms with Gasteiger partial charge in [0, 0.05) is 12.3 Å². The van der Waals surface area contributed by atoms with Crippen molar-refractivity contribution in [3.8, 4) is 0 Å². The molecule has 2 nitrogen and oxygen atoms in total. The topological polar surface area (TPSA) is 22.1 Å². The molecule has 0 N–H and O–H groups in total. The summed E-state index contributed by atoms with van der Waals surface area (Å²) >= 11 is 0. The molecule has 0 saturated heterocycles. The smallest absolute Gasteiger partial charge is 0.377 e. The summed E-state index contributed by atoms with van der Waals surface area (Å²) in [5, 5.41) is 0. The van der Waals surface area contributed by atoms with Gasteiger partial charge in [-0.05, 0) is 36.8 Å². The molecule has 2 atom stereocenters. The Labute approximate surface area is 130 Å². The normalized spacial score (nSPS) is 14.9. The van der Waals surface area contributed by atoms with Crippen LogP contribution in [-0.4, -0.2) is 17.7 Å². The molecule has 5 heteroatoms. The van der Waals surface area contributed by atoms with Crippen molar-refractivity contribution in [2.45, 2.75) is 45.9 Å². The number of pyridine rings is 1. The number of aryl methyl sites for hydroxylation is 1. The third kappa shape index (κ3) is 6.18. The average Bonchev–Trinajstić information content (AvgIpc) is 2.45. The molecule has 0 aromatic carbocycles. The lowest BCUT2D eigenvalue weighted by Gasteiger charge is -2.23. The lowest BCUT2D eigenvalue weighted by molar-refractivity contribution is -0.141. The molecule has 0 aliphatic heterocycles. The first kappa shape index (κ1) is 18.7. The molecule has 0 saturated carbocycles. The molecule has 1 aromatic rings. The highest BCUT2D eigenvalue weighted by Gasteiger charge is 2.32. The molecule has 1 aromatic heterocycles. The van der Waals surface area contributed by atoms with E-state index in [-0.39, 0.29) is 12.0 Å². The molecule has 1 heterocycles. The van der Waals surface area contributed by atoms with E-state index in [1.165, 1.54) is 6.07 Å². The minimum Gasteiger partial charge on any atom is -0.377 e. The minimum atomic E-state index is -4.40. The van der Waals surface area contributed by atoms with Gasteiger partial charge in [0.15, 0.2) is 0 Å². The van der Waals surface area contributed by atoms with Gasteiger partial charge >= 0.3 is 6.18 Å². The van der Waals surface area contributed by atoms with Crippen LogP contribution in [0.3, 0.4) is 0 Å². The highest BCUT2D eigenvalue weighted by Crippen LogP contribution is 2.27. The second kappa shape index (κ2) is 8.32. The Morgan fingerprint density at radius 3 is 2.50 bits per heavy atom. The molecule has 0 aliphatic carbocycles. The predicted molar refractivity (Wildman–Crippen MR) is 81.5 cm³/mol. The molecule has 124 valence electrons. The maximum Gasteiger partial charge on any atom is 0.433 e. The van der Waals surface area contributed by atoms with Gasteiger partial charge in [0.05, 0.1) is 6.10 Å². The van der Waals surface area contributed by atoms with E-state index in [0.29, 0.717) is 31.1 Å². The van der Waals surface area contributed by atoms with Crippen molar-refractivity contribution in [2.24, 2.45) is 11.8 Å². The van der Waals surface area contributed by atoms with Crippen LogP contribution in [0, 0.1) is 11.8 Å². The number of aromatic nitrogens is 1. The molecule has 0 amide bonds. The molecule has 0 aliphatic rings. The molecule has 22 heavy (non-hydrogen) atoms. The van der Waals surface area contributed by atoms with Crippen molar-refractivity contribution in [1.29, 1.82) is 0 Å². The second-order valence-electron chi connectivity index (χ2n) is 5.91. The lowest BCUT2D eigenvalue weighted by Crippen LogP contribution is -2.23. The Hall–Kier alpha value is -1.36. The number of halogens is 3. The van der Waals surface area contributed by atoms with Crippen LogP contribution in [0.25, 0.3) is 0 Å². The zero-order chi connectivity index (χ0) is 16.8. The van der Waals surface area contributed by atoms with Gasteiger partial charge in [0.25, 0.3) is 0 Å². The lowest BCUT2D eigenvalue weighted by atomic mass is 9.99. The summed E-state index contributed by atoms with van der Waals surface area (Å²) in [4.78, 5) is 3.69. The first-order chi connectivity index (χ1) is 10.2. The van der Waals surface area contributed by atoms with Gasteiger partial charge in [0.1, 0.15) is 5.69 Å². The molecular weight excluding hydrogens is 291 g/mol. The van der Waals surface area contributed by atoms with E-state index in [1.54, 1.807) is 6.07 Å². The van der Waals surface area contributed by atoms with Gasteiger partial charge < -0.3 is 4.74 Å². The van der Waals surface area contributed by atoms with Crippen molar-refractivity contribution in [1.82, 2.24) is 4.98 Å². The summed E-state index contributed by atoms with van der Waals surface area (Å²) in [7, 11) is 0. The first-order valence-electron chi connectivity index (χ1n) is 7.51. The fraction of sp³-hybridized carbons (Fsp3) is 0.588. The molecule has 0 bridgehead atoms. The first-order valence-corrected chi connectivity index (χ1v) is 7.51. The number of hydrogen-bond donors (Lipinski definition) is 0. The van der Waals surface area contributed by atoms with Crippen LogP contribution < -0.4 is 0 Å². The van der Waals surface area contributed by atoms with E-state index in [4.69, 9.17) is 4.74 Å². The van der Waals surface area contributed by atoms with Crippen molar-refractivity contribution >= 4 is 0 Å². The largest absolute Gasteiger partial charge is 0.433 e. The fourth-order valence-electron chi connectivity index (χ4n) is 2.03. The maximum absolute atomic E-state index is 12.7. The van der Waals surface area contributed by atoms with Gasteiger partial charge in [-0.15, -0.1) is 6.58 Å². The zero-order valence-electron chi connectivity index (χ0n) is 13.4. The Morgan fingerprint density at radius 2 is 1.95 bits per heavy atom. The van der Waals surface area contributed by atoms with E-state index in [2.05, 4.69) is 25.4 Å². The second-order valence-corrected chi connectivity index (χ2v) is 5.91. The van der Waals surface area contributed by atoms with Gasteiger partial charge in [-0.1, -0.05) is 32.9 Å². The van der Waals surface area contributed by atoms with Crippen molar-refractivity contribution in [3.05, 3.63) is 42.2 Å². The van der Waals surface area contributed by atoms with Gasteiger partial charge in [-0.3, -0.25) is 0 Å². The highest BCUT2D eigenvalue weighted by atomic mass is 19.4.